The van der Waals surface area contributed by atoms with Gasteiger partial charge in [0.1, 0.15) is 0 Å². The van der Waals surface area contributed by atoms with E-state index in [1.165, 1.54) is 11.8 Å². The minimum atomic E-state index is -0.981. The largest absolute Gasteiger partial charge is 0.465 e. The fourth-order valence-corrected chi connectivity index (χ4v) is 3.12. The Morgan fingerprint density at radius 3 is 2.09 bits per heavy atom. The number of hydrogen-bond donors (Lipinski definition) is 0. The molecule has 4 nitrogen and oxygen atoms in total. The normalized spacial score (nSPS) is 12.0. The molecule has 1 atom stereocenters. The van der Waals surface area contributed by atoms with Crippen LogP contribution >= 0.6 is 11.8 Å². The summed E-state index contributed by atoms with van der Waals surface area (Å²) < 4.78 is 10.0. The van der Waals surface area contributed by atoms with Crippen LogP contribution in [0.1, 0.15) is 45.6 Å². The van der Waals surface area contributed by atoms with Crippen molar-refractivity contribution in [1.29, 1.82) is 0 Å². The van der Waals surface area contributed by atoms with Crippen molar-refractivity contribution in [2.24, 2.45) is 0 Å². The molecule has 0 amide bonds. The van der Waals surface area contributed by atoms with Crippen molar-refractivity contribution >= 4 is 23.7 Å². The number of carbonyl (C=O) groups excluding carboxylic acids is 2. The quantitative estimate of drug-likeness (QED) is 0.414. The molecule has 0 spiro atoms. The second kappa shape index (κ2) is 9.51. The maximum Gasteiger partial charge on any atom is 0.331 e. The van der Waals surface area contributed by atoms with Crippen LogP contribution in [0.4, 0.5) is 0 Å². The highest BCUT2D eigenvalue weighted by atomic mass is 32.2. The standard InChI is InChI=1S/C17H24O4S/c1-5-12(4)13-10-8-9-11-14(13)22-15(16(18)20-6-2)17(19)21-7-3/h8-12,15H,5-7H2,1-4H3. The van der Waals surface area contributed by atoms with Crippen LogP contribution in [-0.4, -0.2) is 30.4 Å². The highest BCUT2D eigenvalue weighted by Gasteiger charge is 2.31. The van der Waals surface area contributed by atoms with Gasteiger partial charge in [-0.2, -0.15) is 0 Å². The molecule has 1 aromatic rings. The first-order chi connectivity index (χ1) is 10.5. The molecule has 0 saturated carbocycles. The van der Waals surface area contributed by atoms with Gasteiger partial charge in [0.2, 0.25) is 5.25 Å². The first kappa shape index (κ1) is 18.6. The maximum absolute atomic E-state index is 12.1. The molecule has 0 fully saturated rings. The summed E-state index contributed by atoms with van der Waals surface area (Å²) in [5.41, 5.74) is 1.13. The second-order valence-electron chi connectivity index (χ2n) is 4.85. The molecular weight excluding hydrogens is 300 g/mol. The molecule has 0 N–H and O–H groups in total. The molecule has 0 aliphatic rings. The first-order valence-electron chi connectivity index (χ1n) is 7.63. The zero-order valence-corrected chi connectivity index (χ0v) is 14.4. The highest BCUT2D eigenvalue weighted by molar-refractivity contribution is 8.01. The first-order valence-corrected chi connectivity index (χ1v) is 8.51. The van der Waals surface area contributed by atoms with E-state index in [4.69, 9.17) is 9.47 Å². The molecule has 5 heteroatoms. The number of esters is 2. The van der Waals surface area contributed by atoms with Crippen molar-refractivity contribution in [3.05, 3.63) is 29.8 Å². The van der Waals surface area contributed by atoms with Crippen molar-refractivity contribution in [3.8, 4) is 0 Å². The zero-order chi connectivity index (χ0) is 16.5. The molecule has 122 valence electrons. The number of rotatable bonds is 8. The van der Waals surface area contributed by atoms with Crippen molar-refractivity contribution in [3.63, 3.8) is 0 Å². The van der Waals surface area contributed by atoms with Crippen LogP contribution in [0.3, 0.4) is 0 Å². The van der Waals surface area contributed by atoms with E-state index < -0.39 is 17.2 Å². The molecule has 0 radical (unpaired) electrons. The van der Waals surface area contributed by atoms with Crippen LogP contribution in [0.25, 0.3) is 0 Å². The Morgan fingerprint density at radius 2 is 1.59 bits per heavy atom. The van der Waals surface area contributed by atoms with E-state index in [0.29, 0.717) is 5.92 Å². The number of hydrogen-bond acceptors (Lipinski definition) is 5. The lowest BCUT2D eigenvalue weighted by atomic mass is 9.99. The minimum Gasteiger partial charge on any atom is -0.465 e. The minimum absolute atomic E-state index is 0.238. The maximum atomic E-state index is 12.1. The van der Waals surface area contributed by atoms with E-state index in [1.807, 2.05) is 24.3 Å². The third-order valence-corrected chi connectivity index (χ3v) is 4.55. The highest BCUT2D eigenvalue weighted by Crippen LogP contribution is 2.33. The Balaban J connectivity index is 3.03. The lowest BCUT2D eigenvalue weighted by molar-refractivity contribution is -0.152. The van der Waals surface area contributed by atoms with Gasteiger partial charge in [-0.05, 0) is 37.8 Å². The summed E-state index contributed by atoms with van der Waals surface area (Å²) in [6.07, 6.45) is 0.987. The van der Waals surface area contributed by atoms with Gasteiger partial charge in [0.05, 0.1) is 13.2 Å². The van der Waals surface area contributed by atoms with Crippen LogP contribution < -0.4 is 0 Å². The van der Waals surface area contributed by atoms with Gasteiger partial charge in [0.25, 0.3) is 0 Å². The summed E-state index contributed by atoms with van der Waals surface area (Å²) in [5.74, 6) is -0.747. The van der Waals surface area contributed by atoms with E-state index in [-0.39, 0.29) is 13.2 Å². The lowest BCUT2D eigenvalue weighted by Gasteiger charge is -2.18. The van der Waals surface area contributed by atoms with E-state index in [9.17, 15) is 9.59 Å². The van der Waals surface area contributed by atoms with Crippen molar-refractivity contribution in [2.45, 2.75) is 50.2 Å². The molecule has 1 rings (SSSR count). The van der Waals surface area contributed by atoms with Gasteiger partial charge < -0.3 is 9.47 Å². The summed E-state index contributed by atoms with van der Waals surface area (Å²) in [6, 6.07) is 7.83. The third-order valence-electron chi connectivity index (χ3n) is 3.31. The molecule has 22 heavy (non-hydrogen) atoms. The summed E-state index contributed by atoms with van der Waals surface area (Å²) in [5, 5.41) is -0.981. The molecule has 0 aliphatic heterocycles. The van der Waals surface area contributed by atoms with Crippen LogP contribution in [0.5, 0.6) is 0 Å². The fraction of sp³-hybridized carbons (Fsp3) is 0.529. The summed E-state index contributed by atoms with van der Waals surface area (Å²) in [4.78, 5) is 25.1. The van der Waals surface area contributed by atoms with Gasteiger partial charge in [-0.25, -0.2) is 0 Å². The van der Waals surface area contributed by atoms with Gasteiger partial charge in [0, 0.05) is 4.90 Å². The molecule has 1 unspecified atom stereocenters. The van der Waals surface area contributed by atoms with E-state index in [1.54, 1.807) is 13.8 Å². The van der Waals surface area contributed by atoms with Crippen LogP contribution in [-0.2, 0) is 19.1 Å². The van der Waals surface area contributed by atoms with Gasteiger partial charge >= 0.3 is 11.9 Å². The molecule has 0 aromatic heterocycles. The number of thioether (sulfide) groups is 1. The molecule has 0 heterocycles. The van der Waals surface area contributed by atoms with Gasteiger partial charge in [0.15, 0.2) is 0 Å². The molecular formula is C17H24O4S. The SMILES string of the molecule is CCOC(=O)C(Sc1ccccc1C(C)CC)C(=O)OCC. The predicted molar refractivity (Wildman–Crippen MR) is 88.1 cm³/mol. The number of carbonyl (C=O) groups is 2. The Labute approximate surface area is 136 Å². The summed E-state index contributed by atoms with van der Waals surface area (Å²) in [7, 11) is 0. The second-order valence-corrected chi connectivity index (χ2v) is 6.00. The molecule has 1 aromatic carbocycles. The fourth-order valence-electron chi connectivity index (χ4n) is 1.97. The number of benzene rings is 1. The molecule has 0 aliphatic carbocycles. The Kier molecular flexibility index (Phi) is 8.02. The van der Waals surface area contributed by atoms with Gasteiger partial charge in [-0.3, -0.25) is 9.59 Å². The topological polar surface area (TPSA) is 52.6 Å². The lowest BCUT2D eigenvalue weighted by Crippen LogP contribution is -2.31. The van der Waals surface area contributed by atoms with Crippen LogP contribution in [0, 0.1) is 0 Å². The van der Waals surface area contributed by atoms with Gasteiger partial charge in [-0.15, -0.1) is 0 Å². The Hall–Kier alpha value is -1.49. The van der Waals surface area contributed by atoms with Crippen LogP contribution in [0.2, 0.25) is 0 Å². The van der Waals surface area contributed by atoms with Crippen molar-refractivity contribution in [1.82, 2.24) is 0 Å². The summed E-state index contributed by atoms with van der Waals surface area (Å²) >= 11 is 1.21. The van der Waals surface area contributed by atoms with Crippen molar-refractivity contribution in [2.75, 3.05) is 13.2 Å². The average molecular weight is 324 g/mol. The molecule has 0 bridgehead atoms. The predicted octanol–water partition coefficient (Wildman–Crippen LogP) is 3.79. The zero-order valence-electron chi connectivity index (χ0n) is 13.6. The monoisotopic (exact) mass is 324 g/mol. The van der Waals surface area contributed by atoms with E-state index in [0.717, 1.165) is 16.9 Å². The van der Waals surface area contributed by atoms with Gasteiger partial charge in [-0.1, -0.05) is 43.8 Å². The molecule has 0 saturated heterocycles. The average Bonchev–Trinajstić information content (AvgIpc) is 2.52. The van der Waals surface area contributed by atoms with E-state index in [2.05, 4.69) is 13.8 Å². The third kappa shape index (κ3) is 5.05. The smallest absolute Gasteiger partial charge is 0.331 e. The van der Waals surface area contributed by atoms with Crippen molar-refractivity contribution < 1.29 is 19.1 Å². The number of ether oxygens (including phenoxy) is 2. The summed E-state index contributed by atoms with van der Waals surface area (Å²) in [6.45, 7) is 8.16. The Morgan fingerprint density at radius 1 is 1.05 bits per heavy atom. The van der Waals surface area contributed by atoms with Crippen LogP contribution in [0.15, 0.2) is 29.2 Å². The Bertz CT molecular complexity index is 483. The van der Waals surface area contributed by atoms with E-state index >= 15 is 0 Å².